The highest BCUT2D eigenvalue weighted by molar-refractivity contribution is 5.97. The van der Waals surface area contributed by atoms with Crippen molar-refractivity contribution in [2.24, 2.45) is 20.8 Å². The summed E-state index contributed by atoms with van der Waals surface area (Å²) >= 11 is 0. The number of piperidine rings is 2. The summed E-state index contributed by atoms with van der Waals surface area (Å²) in [5, 5.41) is 2.08. The number of aromatic nitrogens is 2. The van der Waals surface area contributed by atoms with Crippen LogP contribution in [0.5, 0.6) is 11.5 Å². The Bertz CT molecular complexity index is 1750. The monoisotopic (exact) mass is 630 g/mol. The van der Waals surface area contributed by atoms with E-state index in [1.807, 2.05) is 24.5 Å². The van der Waals surface area contributed by atoms with Crippen LogP contribution in [0, 0.1) is 10.8 Å². The molecule has 0 amide bonds. The average Bonchev–Trinajstić information content (AvgIpc) is 3.08. The van der Waals surface area contributed by atoms with E-state index in [4.69, 9.17) is 19.5 Å². The molecule has 0 bridgehead atoms. The van der Waals surface area contributed by atoms with E-state index in [2.05, 4.69) is 96.3 Å². The molecule has 2 fully saturated rings. The van der Waals surface area contributed by atoms with Gasteiger partial charge in [-0.2, -0.15) is 0 Å². The van der Waals surface area contributed by atoms with Gasteiger partial charge in [-0.3, -0.25) is 29.8 Å². The lowest BCUT2D eigenvalue weighted by Crippen LogP contribution is -2.67. The third kappa shape index (κ3) is 4.86. The van der Waals surface area contributed by atoms with Gasteiger partial charge in [0, 0.05) is 60.2 Å². The van der Waals surface area contributed by atoms with Crippen molar-refractivity contribution >= 4 is 45.6 Å². The van der Waals surface area contributed by atoms with E-state index in [0.29, 0.717) is 0 Å². The fraction of sp³-hybridized carbons (Fsp3) is 0.487. The van der Waals surface area contributed by atoms with Crippen molar-refractivity contribution in [3.63, 3.8) is 0 Å². The summed E-state index contributed by atoms with van der Waals surface area (Å²) in [4.78, 5) is 24.3. The number of benzene rings is 2. The van der Waals surface area contributed by atoms with Gasteiger partial charge in [-0.25, -0.2) is 0 Å². The number of likely N-dealkylation sites (tertiary alicyclic amines) is 2. The molecule has 0 saturated carbocycles. The number of hydrogen-bond acceptors (Lipinski definition) is 8. The highest BCUT2D eigenvalue weighted by Crippen LogP contribution is 2.51. The van der Waals surface area contributed by atoms with E-state index in [9.17, 15) is 0 Å². The lowest BCUT2D eigenvalue weighted by Gasteiger charge is -2.55. The van der Waals surface area contributed by atoms with Crippen LogP contribution in [0.3, 0.4) is 0 Å². The zero-order chi connectivity index (χ0) is 32.3. The molecule has 4 aliphatic heterocycles. The second kappa shape index (κ2) is 11.4. The topological polar surface area (TPSA) is 75.4 Å². The molecular weight excluding hydrogens is 584 g/mol. The predicted molar refractivity (Wildman–Crippen MR) is 190 cm³/mol. The van der Waals surface area contributed by atoms with Gasteiger partial charge in [-0.05, 0) is 87.1 Å². The molecule has 2 saturated heterocycles. The van der Waals surface area contributed by atoms with Gasteiger partial charge in [-0.1, -0.05) is 34.1 Å². The summed E-state index contributed by atoms with van der Waals surface area (Å²) in [6.07, 6.45) is 15.7. The zero-order valence-electron chi connectivity index (χ0n) is 28.2. The molecule has 4 aliphatic rings. The molecule has 6 heterocycles. The first-order chi connectivity index (χ1) is 22.7. The van der Waals surface area contributed by atoms with E-state index in [1.54, 1.807) is 0 Å². The van der Waals surface area contributed by atoms with E-state index < -0.39 is 11.4 Å². The molecule has 244 valence electrons. The van der Waals surface area contributed by atoms with Crippen molar-refractivity contribution in [2.45, 2.75) is 84.1 Å². The maximum absolute atomic E-state index is 7.01. The number of aliphatic imine (C=N–C) groups is 2. The molecule has 2 atom stereocenters. The molecule has 8 heteroatoms. The molecule has 8 nitrogen and oxygen atoms in total. The largest absolute Gasteiger partial charge is 0.464 e. The Kier molecular flexibility index (Phi) is 7.37. The van der Waals surface area contributed by atoms with Crippen molar-refractivity contribution in [2.75, 3.05) is 26.2 Å². The first-order valence-electron chi connectivity index (χ1n) is 17.5. The van der Waals surface area contributed by atoms with Gasteiger partial charge in [0.05, 0.1) is 23.5 Å². The van der Waals surface area contributed by atoms with Gasteiger partial charge >= 0.3 is 0 Å². The summed E-state index contributed by atoms with van der Waals surface area (Å²) in [6, 6.07) is 16.3. The van der Waals surface area contributed by atoms with Crippen LogP contribution >= 0.6 is 0 Å². The van der Waals surface area contributed by atoms with Crippen molar-refractivity contribution in [3.05, 3.63) is 60.9 Å². The Morgan fingerprint density at radius 2 is 1.09 bits per heavy atom. The molecule has 2 spiro atoms. The summed E-state index contributed by atoms with van der Waals surface area (Å²) in [5.74, 6) is 1.71. The maximum Gasteiger partial charge on any atom is 0.204 e. The number of rotatable bonds is 6. The van der Waals surface area contributed by atoms with Gasteiger partial charge in [0.25, 0.3) is 0 Å². The minimum atomic E-state index is -0.561. The Morgan fingerprint density at radius 1 is 0.617 bits per heavy atom. The second-order valence-corrected chi connectivity index (χ2v) is 15.1. The highest BCUT2D eigenvalue weighted by atomic mass is 16.5. The normalized spacial score (nSPS) is 26.3. The standard InChI is InChI=1S/C39H46N6O2/c1-36(2)18-10-24-44(38(36)26-42-34-28-12-8-20-40-30(28)14-16-32(34)46-38)22-6-5-7-23-45-25-11-19-37(3,4)39(45)27-43-35-29-13-9-21-41-31(29)15-17-33(35)47-39/h8-9,12-17,20-21,26-27H,5-7,10-11,18-19,22-25H2,1-4H3. The molecule has 0 radical (unpaired) electrons. The molecular formula is C39H46N6O2. The van der Waals surface area contributed by atoms with E-state index in [0.717, 1.165) is 116 Å². The second-order valence-electron chi connectivity index (χ2n) is 15.1. The third-order valence-corrected chi connectivity index (χ3v) is 11.4. The molecule has 4 aromatic rings. The smallest absolute Gasteiger partial charge is 0.204 e. The summed E-state index contributed by atoms with van der Waals surface area (Å²) in [5.41, 5.74) is 2.41. The van der Waals surface area contributed by atoms with Crippen molar-refractivity contribution in [1.82, 2.24) is 19.8 Å². The molecule has 0 N–H and O–H groups in total. The fourth-order valence-corrected chi connectivity index (χ4v) is 8.58. The van der Waals surface area contributed by atoms with Crippen molar-refractivity contribution in [3.8, 4) is 11.5 Å². The number of fused-ring (bicyclic) bond motifs is 6. The van der Waals surface area contributed by atoms with Crippen molar-refractivity contribution in [1.29, 1.82) is 0 Å². The quantitative estimate of drug-likeness (QED) is 0.199. The van der Waals surface area contributed by atoms with Gasteiger partial charge in [0.2, 0.25) is 11.4 Å². The molecule has 8 rings (SSSR count). The van der Waals surface area contributed by atoms with Crippen LogP contribution in [0.15, 0.2) is 70.9 Å². The van der Waals surface area contributed by atoms with Gasteiger partial charge in [0.15, 0.2) is 0 Å². The van der Waals surface area contributed by atoms with E-state index in [-0.39, 0.29) is 10.8 Å². The number of unbranched alkanes of at least 4 members (excludes halogenated alkanes) is 2. The van der Waals surface area contributed by atoms with Crippen LogP contribution in [0.4, 0.5) is 11.4 Å². The highest BCUT2D eigenvalue weighted by Gasteiger charge is 2.55. The summed E-state index contributed by atoms with van der Waals surface area (Å²) < 4.78 is 14.0. The van der Waals surface area contributed by atoms with Crippen LogP contribution in [-0.2, 0) is 0 Å². The fourth-order valence-electron chi connectivity index (χ4n) is 8.58. The molecule has 2 aromatic carbocycles. The predicted octanol–water partition coefficient (Wildman–Crippen LogP) is 8.48. The van der Waals surface area contributed by atoms with Crippen LogP contribution < -0.4 is 9.47 Å². The zero-order valence-corrected chi connectivity index (χ0v) is 28.2. The first kappa shape index (κ1) is 30.5. The number of pyridine rings is 2. The Morgan fingerprint density at radius 3 is 1.55 bits per heavy atom. The van der Waals surface area contributed by atoms with E-state index in [1.165, 1.54) is 0 Å². The Labute approximate surface area is 277 Å². The van der Waals surface area contributed by atoms with Gasteiger partial charge < -0.3 is 9.47 Å². The lowest BCUT2D eigenvalue weighted by atomic mass is 9.73. The van der Waals surface area contributed by atoms with Gasteiger partial charge in [-0.15, -0.1) is 0 Å². The Hall–Kier alpha value is -3.88. The molecule has 0 aliphatic carbocycles. The van der Waals surface area contributed by atoms with Gasteiger partial charge in [0.1, 0.15) is 22.9 Å². The van der Waals surface area contributed by atoms with Crippen LogP contribution in [0.2, 0.25) is 0 Å². The Balaban J connectivity index is 0.962. The molecule has 47 heavy (non-hydrogen) atoms. The van der Waals surface area contributed by atoms with Crippen LogP contribution in [0.25, 0.3) is 21.8 Å². The summed E-state index contributed by atoms with van der Waals surface area (Å²) in [7, 11) is 0. The number of hydrogen-bond donors (Lipinski definition) is 0. The van der Waals surface area contributed by atoms with Crippen LogP contribution in [-0.4, -0.2) is 69.8 Å². The minimum absolute atomic E-state index is 0.0720. The SMILES string of the molecule is CC1(C)CCCN(CCCCCN2CCCC(C)(C)C23C=Nc2c(ccc4ncccc24)O3)C12C=Nc1c(ccc3ncccc13)O2. The molecule has 2 aromatic heterocycles. The average molecular weight is 631 g/mol. The minimum Gasteiger partial charge on any atom is -0.464 e. The molecule has 2 unspecified atom stereocenters. The lowest BCUT2D eigenvalue weighted by molar-refractivity contribution is -0.137. The van der Waals surface area contributed by atoms with Crippen LogP contribution in [0.1, 0.15) is 72.6 Å². The maximum atomic E-state index is 7.01. The van der Waals surface area contributed by atoms with Crippen molar-refractivity contribution < 1.29 is 9.47 Å². The number of ether oxygens (including phenoxy) is 2. The third-order valence-electron chi connectivity index (χ3n) is 11.4. The number of nitrogens with zero attached hydrogens (tertiary/aromatic N) is 6. The first-order valence-corrected chi connectivity index (χ1v) is 17.5. The summed E-state index contributed by atoms with van der Waals surface area (Å²) in [6.45, 7) is 13.3. The van der Waals surface area contributed by atoms with E-state index >= 15 is 0 Å².